The highest BCUT2D eigenvalue weighted by Crippen LogP contribution is 2.22. The van der Waals surface area contributed by atoms with Gasteiger partial charge in [-0.3, -0.25) is 19.9 Å². The molecule has 31 heavy (non-hydrogen) atoms. The van der Waals surface area contributed by atoms with Gasteiger partial charge in [-0.25, -0.2) is 4.98 Å². The number of hydrogen-bond donors (Lipinski definition) is 3. The number of aliphatic hydroxyl groups excluding tert-OH is 1. The van der Waals surface area contributed by atoms with Gasteiger partial charge in [0, 0.05) is 38.9 Å². The summed E-state index contributed by atoms with van der Waals surface area (Å²) < 4.78 is 13.4. The highest BCUT2D eigenvalue weighted by atomic mass is 16.6. The number of nitrogens with one attached hydrogen (secondary N) is 2. The normalized spacial score (nSPS) is 25.5. The van der Waals surface area contributed by atoms with Gasteiger partial charge < -0.3 is 19.5 Å². The van der Waals surface area contributed by atoms with Crippen molar-refractivity contribution in [3.8, 4) is 6.01 Å². The number of aromatic nitrogens is 6. The second kappa shape index (κ2) is 7.72. The lowest BCUT2D eigenvalue weighted by atomic mass is 10.2. The molecule has 1 unspecified atom stereocenters. The smallest absolute Gasteiger partial charge is 0.317 e. The number of ether oxygens (including phenoxy) is 2. The second-order valence-corrected chi connectivity index (χ2v) is 7.54. The van der Waals surface area contributed by atoms with E-state index in [-0.39, 0.29) is 18.5 Å². The Labute approximate surface area is 176 Å². The van der Waals surface area contributed by atoms with Crippen LogP contribution < -0.4 is 10.1 Å². The van der Waals surface area contributed by atoms with E-state index in [0.717, 1.165) is 0 Å². The van der Waals surface area contributed by atoms with Crippen LogP contribution in [-0.2, 0) is 11.8 Å². The van der Waals surface area contributed by atoms with Crippen molar-refractivity contribution in [1.82, 2.24) is 40.2 Å². The van der Waals surface area contributed by atoms with Gasteiger partial charge in [-0.05, 0) is 12.2 Å². The Kier molecular flexibility index (Phi) is 4.88. The zero-order valence-electron chi connectivity index (χ0n) is 17.0. The van der Waals surface area contributed by atoms with Crippen molar-refractivity contribution in [2.75, 3.05) is 26.7 Å². The Bertz CT molecular complexity index is 1160. The molecule has 3 aromatic heterocycles. The molecule has 1 fully saturated rings. The molecule has 3 N–H and O–H groups in total. The van der Waals surface area contributed by atoms with Gasteiger partial charge in [0.15, 0.2) is 11.8 Å². The van der Waals surface area contributed by atoms with Crippen LogP contribution in [-0.4, -0.2) is 91.0 Å². The SMILES string of the molecule is CN1CCO[C@H]2CNC(O)[C@H]2Oc2ncc3[nH]nc(c3n2)/C=C/c2cn(C)nc2C1=O. The Morgan fingerprint density at radius 1 is 1.29 bits per heavy atom. The molecule has 3 aromatic rings. The summed E-state index contributed by atoms with van der Waals surface area (Å²) in [6, 6.07) is 0.117. The Morgan fingerprint density at radius 2 is 2.16 bits per heavy atom. The molecule has 12 nitrogen and oxygen atoms in total. The number of nitrogens with zero attached hydrogens (tertiary/aromatic N) is 6. The van der Waals surface area contributed by atoms with Gasteiger partial charge in [0.1, 0.15) is 29.1 Å². The van der Waals surface area contributed by atoms with E-state index in [1.807, 2.05) is 0 Å². The molecular weight excluding hydrogens is 404 g/mol. The van der Waals surface area contributed by atoms with E-state index in [2.05, 4.69) is 30.6 Å². The molecule has 0 aromatic carbocycles. The molecule has 0 aliphatic carbocycles. The predicted octanol–water partition coefficient (Wildman–Crippen LogP) is -0.603. The third-order valence-electron chi connectivity index (χ3n) is 5.34. The van der Waals surface area contributed by atoms with E-state index in [0.29, 0.717) is 41.1 Å². The largest absolute Gasteiger partial charge is 0.453 e. The number of fused-ring (bicyclic) bond motifs is 3. The lowest BCUT2D eigenvalue weighted by molar-refractivity contribution is -0.0454. The summed E-state index contributed by atoms with van der Waals surface area (Å²) in [4.78, 5) is 23.2. The lowest BCUT2D eigenvalue weighted by Gasteiger charge is -2.23. The zero-order chi connectivity index (χ0) is 21.5. The van der Waals surface area contributed by atoms with Crippen LogP contribution in [0.15, 0.2) is 12.4 Å². The molecule has 2 aliphatic heterocycles. The fraction of sp³-hybridized carbons (Fsp3) is 0.421. The number of amides is 1. The maximum absolute atomic E-state index is 12.9. The summed E-state index contributed by atoms with van der Waals surface area (Å²) >= 11 is 0. The monoisotopic (exact) mass is 426 g/mol. The van der Waals surface area contributed by atoms with Crippen molar-refractivity contribution >= 4 is 29.1 Å². The molecule has 0 spiro atoms. The number of likely N-dealkylation sites (N-methyl/N-ethyl adjacent to an activating group) is 1. The highest BCUT2D eigenvalue weighted by Gasteiger charge is 2.38. The Balaban J connectivity index is 1.57. The molecule has 0 saturated carbocycles. The molecule has 3 atom stereocenters. The van der Waals surface area contributed by atoms with Crippen molar-refractivity contribution in [3.05, 3.63) is 29.3 Å². The number of aliphatic hydroxyl groups is 1. The first-order valence-electron chi connectivity index (χ1n) is 9.87. The van der Waals surface area contributed by atoms with Crippen LogP contribution in [0, 0.1) is 0 Å². The minimum absolute atomic E-state index is 0.117. The number of carbonyl (C=O) groups is 1. The minimum atomic E-state index is -0.928. The van der Waals surface area contributed by atoms with Crippen LogP contribution in [0.25, 0.3) is 23.2 Å². The van der Waals surface area contributed by atoms with E-state index < -0.39 is 18.4 Å². The summed E-state index contributed by atoms with van der Waals surface area (Å²) in [6.45, 7) is 1.02. The number of H-pyrrole nitrogens is 1. The van der Waals surface area contributed by atoms with Gasteiger partial charge in [0.2, 0.25) is 0 Å². The fourth-order valence-corrected chi connectivity index (χ4v) is 3.66. The average Bonchev–Trinajstić information content (AvgIpc) is 3.43. The van der Waals surface area contributed by atoms with Crippen LogP contribution in [0.2, 0.25) is 0 Å². The molecule has 0 radical (unpaired) electrons. The first-order chi connectivity index (χ1) is 15.0. The minimum Gasteiger partial charge on any atom is -0.453 e. The van der Waals surface area contributed by atoms with E-state index >= 15 is 0 Å². The highest BCUT2D eigenvalue weighted by molar-refractivity contribution is 5.97. The second-order valence-electron chi connectivity index (χ2n) is 7.54. The van der Waals surface area contributed by atoms with Gasteiger partial charge >= 0.3 is 6.01 Å². The maximum atomic E-state index is 12.9. The van der Waals surface area contributed by atoms with Gasteiger partial charge in [0.05, 0.1) is 12.8 Å². The van der Waals surface area contributed by atoms with E-state index in [1.165, 1.54) is 0 Å². The van der Waals surface area contributed by atoms with Crippen molar-refractivity contribution in [2.45, 2.75) is 18.4 Å². The van der Waals surface area contributed by atoms with Gasteiger partial charge in [-0.2, -0.15) is 15.2 Å². The molecule has 1 saturated heterocycles. The molecule has 162 valence electrons. The van der Waals surface area contributed by atoms with Crippen LogP contribution in [0.1, 0.15) is 21.7 Å². The van der Waals surface area contributed by atoms with E-state index in [1.54, 1.807) is 48.2 Å². The molecule has 5 heterocycles. The third kappa shape index (κ3) is 3.65. The summed E-state index contributed by atoms with van der Waals surface area (Å²) in [7, 11) is 3.46. The van der Waals surface area contributed by atoms with Crippen LogP contribution in [0.4, 0.5) is 0 Å². The molecule has 12 heteroatoms. The van der Waals surface area contributed by atoms with Crippen molar-refractivity contribution in [3.63, 3.8) is 0 Å². The van der Waals surface area contributed by atoms with Crippen molar-refractivity contribution < 1.29 is 19.4 Å². The maximum Gasteiger partial charge on any atom is 0.317 e. The van der Waals surface area contributed by atoms with Gasteiger partial charge in [0.25, 0.3) is 5.91 Å². The number of rotatable bonds is 0. The molecule has 5 rings (SSSR count). The molecular formula is C19H22N8O4. The Morgan fingerprint density at radius 3 is 3.03 bits per heavy atom. The first kappa shape index (κ1) is 19.6. The van der Waals surface area contributed by atoms with Crippen LogP contribution in [0.3, 0.4) is 0 Å². The molecule has 1 amide bonds. The van der Waals surface area contributed by atoms with Crippen molar-refractivity contribution in [2.24, 2.45) is 7.05 Å². The first-order valence-corrected chi connectivity index (χ1v) is 9.87. The van der Waals surface area contributed by atoms with Crippen LogP contribution >= 0.6 is 0 Å². The topological polar surface area (TPSA) is 143 Å². The fourth-order valence-electron chi connectivity index (χ4n) is 3.66. The quantitative estimate of drug-likeness (QED) is 0.429. The summed E-state index contributed by atoms with van der Waals surface area (Å²) in [5, 5.41) is 24.7. The third-order valence-corrected chi connectivity index (χ3v) is 5.34. The van der Waals surface area contributed by atoms with E-state index in [9.17, 15) is 9.90 Å². The molecule has 2 aliphatic rings. The summed E-state index contributed by atoms with van der Waals surface area (Å²) in [6.07, 6.45) is 4.82. The van der Waals surface area contributed by atoms with Gasteiger partial charge in [-0.1, -0.05) is 0 Å². The predicted molar refractivity (Wildman–Crippen MR) is 109 cm³/mol. The standard InChI is InChI=1S/C19H22N8O4/c1-26-5-6-30-13-8-20-17(28)16(13)31-19-21-7-12-15(22-19)11(23-24-12)4-3-10-9-27(2)25-14(10)18(26)29/h3-4,7,9,13,16-17,20,28H,5-6,8H2,1-2H3,(H,23,24)/b4-3+/t13-,16-,17?/m0/s1. The zero-order valence-corrected chi connectivity index (χ0v) is 17.0. The average molecular weight is 426 g/mol. The van der Waals surface area contributed by atoms with E-state index in [4.69, 9.17) is 9.47 Å². The Hall–Kier alpha value is -3.35. The summed E-state index contributed by atoms with van der Waals surface area (Å²) in [5.41, 5.74) is 2.75. The summed E-state index contributed by atoms with van der Waals surface area (Å²) in [5.74, 6) is -0.218. The number of aryl methyl sites for hydroxylation is 1. The van der Waals surface area contributed by atoms with Gasteiger partial charge in [-0.15, -0.1) is 0 Å². The molecule has 2 bridgehead atoms. The van der Waals surface area contributed by atoms with Crippen molar-refractivity contribution in [1.29, 1.82) is 0 Å². The number of aromatic amines is 1. The number of carbonyl (C=O) groups excluding carboxylic acids is 1. The lowest BCUT2D eigenvalue weighted by Crippen LogP contribution is -2.40. The number of hydrogen-bond acceptors (Lipinski definition) is 9. The van der Waals surface area contributed by atoms with Crippen LogP contribution in [0.5, 0.6) is 6.01 Å².